The number of anilines is 1. The molecule has 1 N–H and O–H groups in total. The van der Waals surface area contributed by atoms with Crippen molar-refractivity contribution >= 4 is 51.4 Å². The van der Waals surface area contributed by atoms with Crippen LogP contribution in [-0.4, -0.2) is 36.5 Å². The predicted molar refractivity (Wildman–Crippen MR) is 132 cm³/mol. The molecule has 0 aliphatic rings. The van der Waals surface area contributed by atoms with Crippen molar-refractivity contribution in [3.63, 3.8) is 0 Å². The Morgan fingerprint density at radius 1 is 1.12 bits per heavy atom. The molecule has 0 aliphatic heterocycles. The number of halogens is 2. The average molecular weight is 491 g/mol. The molecule has 0 saturated heterocycles. The zero-order valence-corrected chi connectivity index (χ0v) is 20.4. The van der Waals surface area contributed by atoms with Gasteiger partial charge in [0.05, 0.1) is 28.3 Å². The molecule has 0 spiro atoms. The molecular weight excluding hydrogens is 467 g/mol. The molecule has 0 aliphatic carbocycles. The van der Waals surface area contributed by atoms with Crippen molar-refractivity contribution in [1.82, 2.24) is 4.90 Å². The monoisotopic (exact) mass is 490 g/mol. The van der Waals surface area contributed by atoms with Gasteiger partial charge in [-0.3, -0.25) is 9.69 Å². The summed E-state index contributed by atoms with van der Waals surface area (Å²) in [6.07, 6.45) is 0. The van der Waals surface area contributed by atoms with Crippen LogP contribution in [0.4, 0.5) is 5.00 Å². The van der Waals surface area contributed by atoms with Crippen molar-refractivity contribution in [2.24, 2.45) is 0 Å². The van der Waals surface area contributed by atoms with Gasteiger partial charge in [0.2, 0.25) is 5.91 Å². The second-order valence-corrected chi connectivity index (χ2v) is 9.07. The Morgan fingerprint density at radius 3 is 2.53 bits per heavy atom. The lowest BCUT2D eigenvalue weighted by molar-refractivity contribution is -0.120. The second-order valence-electron chi connectivity index (χ2n) is 7.23. The number of carbonyl (C=O) groups excluding carboxylic acids is 2. The Morgan fingerprint density at radius 2 is 1.84 bits per heavy atom. The maximum Gasteiger partial charge on any atom is 0.341 e. The lowest BCUT2D eigenvalue weighted by Crippen LogP contribution is -2.39. The fourth-order valence-electron chi connectivity index (χ4n) is 3.08. The summed E-state index contributed by atoms with van der Waals surface area (Å²) in [6, 6.07) is 16.4. The van der Waals surface area contributed by atoms with Crippen LogP contribution < -0.4 is 5.32 Å². The number of amides is 1. The Bertz CT molecular complexity index is 1100. The number of nitrogens with one attached hydrogen (secondary N) is 1. The molecule has 0 fully saturated rings. The number of hydrogen-bond acceptors (Lipinski definition) is 5. The SMILES string of the molecule is CCOC(=O)c1cc(-c2ccccc2)sc1NC(=O)[C@H](C)N(C)Cc1cccc(Cl)c1Cl. The second kappa shape index (κ2) is 11.0. The van der Waals surface area contributed by atoms with E-state index < -0.39 is 12.0 Å². The van der Waals surface area contributed by atoms with E-state index in [1.807, 2.05) is 54.4 Å². The summed E-state index contributed by atoms with van der Waals surface area (Å²) in [5, 5.41) is 4.33. The van der Waals surface area contributed by atoms with Crippen molar-refractivity contribution in [3.8, 4) is 10.4 Å². The molecule has 1 aromatic heterocycles. The van der Waals surface area contributed by atoms with E-state index in [0.717, 1.165) is 16.0 Å². The van der Waals surface area contributed by atoms with Crippen molar-refractivity contribution in [2.45, 2.75) is 26.4 Å². The maximum atomic E-state index is 13.0. The number of rotatable bonds is 8. The molecule has 0 bridgehead atoms. The molecule has 0 saturated carbocycles. The average Bonchev–Trinajstić information content (AvgIpc) is 3.21. The topological polar surface area (TPSA) is 58.6 Å². The zero-order valence-electron chi connectivity index (χ0n) is 18.0. The molecule has 0 radical (unpaired) electrons. The fraction of sp³-hybridized carbons (Fsp3) is 0.250. The number of thiophene rings is 1. The molecule has 3 rings (SSSR count). The third kappa shape index (κ3) is 5.70. The standard InChI is InChI=1S/C24H24Cl2N2O3S/c1-4-31-24(30)18-13-20(16-9-6-5-7-10-16)32-23(18)27-22(29)15(2)28(3)14-17-11-8-12-19(25)21(17)26/h5-13,15H,4,14H2,1-3H3,(H,27,29)/t15-/m0/s1. The molecule has 2 aromatic carbocycles. The van der Waals surface area contributed by atoms with E-state index in [1.165, 1.54) is 11.3 Å². The van der Waals surface area contributed by atoms with Gasteiger partial charge in [-0.1, -0.05) is 65.7 Å². The van der Waals surface area contributed by atoms with E-state index >= 15 is 0 Å². The van der Waals surface area contributed by atoms with E-state index in [4.69, 9.17) is 27.9 Å². The molecule has 1 heterocycles. The van der Waals surface area contributed by atoms with Crippen LogP contribution >= 0.6 is 34.5 Å². The molecule has 1 atom stereocenters. The van der Waals surface area contributed by atoms with Gasteiger partial charge in [-0.25, -0.2) is 4.79 Å². The van der Waals surface area contributed by atoms with Crippen LogP contribution in [0, 0.1) is 0 Å². The van der Waals surface area contributed by atoms with Gasteiger partial charge in [-0.05, 0) is 44.2 Å². The molecule has 32 heavy (non-hydrogen) atoms. The van der Waals surface area contributed by atoms with Crippen LogP contribution in [0.5, 0.6) is 0 Å². The van der Waals surface area contributed by atoms with Gasteiger partial charge < -0.3 is 10.1 Å². The van der Waals surface area contributed by atoms with Crippen molar-refractivity contribution in [1.29, 1.82) is 0 Å². The number of nitrogens with zero attached hydrogens (tertiary/aromatic N) is 1. The largest absolute Gasteiger partial charge is 0.462 e. The summed E-state index contributed by atoms with van der Waals surface area (Å²) in [7, 11) is 1.83. The Hall–Kier alpha value is -2.38. The highest BCUT2D eigenvalue weighted by Crippen LogP contribution is 2.36. The van der Waals surface area contributed by atoms with E-state index in [1.54, 1.807) is 26.0 Å². The molecule has 0 unspecified atom stereocenters. The minimum Gasteiger partial charge on any atom is -0.462 e. The smallest absolute Gasteiger partial charge is 0.341 e. The van der Waals surface area contributed by atoms with E-state index in [-0.39, 0.29) is 12.5 Å². The first kappa shape index (κ1) is 24.3. The highest BCUT2D eigenvalue weighted by molar-refractivity contribution is 7.20. The minimum atomic E-state index is -0.484. The zero-order chi connectivity index (χ0) is 23.3. The van der Waals surface area contributed by atoms with Gasteiger partial charge in [-0.2, -0.15) is 0 Å². The van der Waals surface area contributed by atoms with E-state index in [2.05, 4.69) is 5.32 Å². The summed E-state index contributed by atoms with van der Waals surface area (Å²) < 4.78 is 5.19. The first-order chi connectivity index (χ1) is 15.3. The number of carbonyl (C=O) groups is 2. The quantitative estimate of drug-likeness (QED) is 0.373. The van der Waals surface area contributed by atoms with Crippen LogP contribution in [0.3, 0.4) is 0 Å². The van der Waals surface area contributed by atoms with Crippen molar-refractivity contribution < 1.29 is 14.3 Å². The number of esters is 1. The molecule has 3 aromatic rings. The minimum absolute atomic E-state index is 0.238. The van der Waals surface area contributed by atoms with E-state index in [0.29, 0.717) is 27.2 Å². The van der Waals surface area contributed by atoms with Gasteiger partial charge >= 0.3 is 5.97 Å². The highest BCUT2D eigenvalue weighted by Gasteiger charge is 2.24. The molecule has 8 heteroatoms. The summed E-state index contributed by atoms with van der Waals surface area (Å²) >= 11 is 13.7. The van der Waals surface area contributed by atoms with Crippen LogP contribution in [-0.2, 0) is 16.1 Å². The van der Waals surface area contributed by atoms with Gasteiger partial charge in [-0.15, -0.1) is 11.3 Å². The molecule has 168 valence electrons. The third-order valence-corrected chi connectivity index (χ3v) is 6.97. The van der Waals surface area contributed by atoms with Crippen molar-refractivity contribution in [3.05, 3.63) is 75.8 Å². The molecular formula is C24H24Cl2N2O3S. The summed E-state index contributed by atoms with van der Waals surface area (Å²) in [4.78, 5) is 28.3. The number of ether oxygens (including phenoxy) is 1. The van der Waals surface area contributed by atoms with Gasteiger partial charge in [0.25, 0.3) is 0 Å². The first-order valence-electron chi connectivity index (χ1n) is 10.1. The first-order valence-corrected chi connectivity index (χ1v) is 11.7. The van der Waals surface area contributed by atoms with Crippen LogP contribution in [0.2, 0.25) is 10.0 Å². The summed E-state index contributed by atoms with van der Waals surface area (Å²) in [6.45, 7) is 4.24. The number of likely N-dealkylation sites (N-methyl/N-ethyl adjacent to an activating group) is 1. The van der Waals surface area contributed by atoms with Crippen molar-refractivity contribution in [2.75, 3.05) is 19.0 Å². The summed E-state index contributed by atoms with van der Waals surface area (Å²) in [5.41, 5.74) is 2.14. The fourth-order valence-corrected chi connectivity index (χ4v) is 4.52. The predicted octanol–water partition coefficient (Wildman–Crippen LogP) is 6.36. The van der Waals surface area contributed by atoms with Gasteiger partial charge in [0.1, 0.15) is 5.00 Å². The normalized spacial score (nSPS) is 11.9. The molecule has 5 nitrogen and oxygen atoms in total. The lowest BCUT2D eigenvalue weighted by Gasteiger charge is -2.24. The Kier molecular flexibility index (Phi) is 8.32. The Balaban J connectivity index is 1.80. The maximum absolute atomic E-state index is 13.0. The van der Waals surface area contributed by atoms with E-state index in [9.17, 15) is 9.59 Å². The number of hydrogen-bond donors (Lipinski definition) is 1. The third-order valence-electron chi connectivity index (χ3n) is 5.01. The lowest BCUT2D eigenvalue weighted by atomic mass is 10.1. The summed E-state index contributed by atoms with van der Waals surface area (Å²) in [5.74, 6) is -0.703. The number of benzene rings is 2. The van der Waals surface area contributed by atoms with Crippen LogP contribution in [0.25, 0.3) is 10.4 Å². The van der Waals surface area contributed by atoms with Crippen LogP contribution in [0.15, 0.2) is 54.6 Å². The Labute approximate surface area is 201 Å². The van der Waals surface area contributed by atoms with Gasteiger partial charge in [0.15, 0.2) is 0 Å². The van der Waals surface area contributed by atoms with Crippen LogP contribution in [0.1, 0.15) is 29.8 Å². The molecule has 1 amide bonds. The van der Waals surface area contributed by atoms with Gasteiger partial charge in [0, 0.05) is 11.4 Å². The highest BCUT2D eigenvalue weighted by atomic mass is 35.5.